The molecular formula is C18H21N3O4S. The molecule has 0 saturated heterocycles. The molecule has 7 nitrogen and oxygen atoms in total. The second-order valence-corrected chi connectivity index (χ2v) is 7.81. The van der Waals surface area contributed by atoms with Gasteiger partial charge < -0.3 is 4.74 Å². The molecule has 0 atom stereocenters. The number of benzene rings is 2. The lowest BCUT2D eigenvalue weighted by atomic mass is 10.1. The van der Waals surface area contributed by atoms with Crippen molar-refractivity contribution in [2.45, 2.75) is 11.8 Å². The number of carbonyl (C=O) groups is 1. The zero-order valence-corrected chi connectivity index (χ0v) is 15.9. The predicted octanol–water partition coefficient (Wildman–Crippen LogP) is 2.10. The Kier molecular flexibility index (Phi) is 6.12. The monoisotopic (exact) mass is 375 g/mol. The normalized spacial score (nSPS) is 12.1. The van der Waals surface area contributed by atoms with Gasteiger partial charge in [-0.15, -0.1) is 0 Å². The van der Waals surface area contributed by atoms with Gasteiger partial charge in [0.2, 0.25) is 10.0 Å². The van der Waals surface area contributed by atoms with Crippen molar-refractivity contribution in [3.8, 4) is 5.75 Å². The van der Waals surface area contributed by atoms with Gasteiger partial charge >= 0.3 is 0 Å². The van der Waals surface area contributed by atoms with E-state index in [2.05, 4.69) is 10.5 Å². The third-order valence-corrected chi connectivity index (χ3v) is 5.51. The fourth-order valence-electron chi connectivity index (χ4n) is 2.21. The Labute approximate surface area is 153 Å². The van der Waals surface area contributed by atoms with Crippen LogP contribution in [0.3, 0.4) is 0 Å². The van der Waals surface area contributed by atoms with Crippen molar-refractivity contribution >= 4 is 21.6 Å². The smallest absolute Gasteiger partial charge is 0.271 e. The second kappa shape index (κ2) is 8.11. The van der Waals surface area contributed by atoms with Crippen LogP contribution in [0.5, 0.6) is 5.75 Å². The van der Waals surface area contributed by atoms with E-state index in [4.69, 9.17) is 4.74 Å². The molecule has 0 radical (unpaired) electrons. The molecule has 0 heterocycles. The number of hydrogen-bond acceptors (Lipinski definition) is 5. The van der Waals surface area contributed by atoms with Gasteiger partial charge in [-0.1, -0.05) is 18.2 Å². The molecule has 0 spiro atoms. The maximum absolute atomic E-state index is 12.3. The molecule has 0 bridgehead atoms. The van der Waals surface area contributed by atoms with E-state index in [-0.39, 0.29) is 10.5 Å². The maximum Gasteiger partial charge on any atom is 0.271 e. The van der Waals surface area contributed by atoms with Crippen LogP contribution in [0.15, 0.2) is 58.5 Å². The molecule has 2 aromatic rings. The number of amides is 1. The van der Waals surface area contributed by atoms with Gasteiger partial charge in [-0.3, -0.25) is 4.79 Å². The summed E-state index contributed by atoms with van der Waals surface area (Å²) in [7, 11) is 0.809. The van der Waals surface area contributed by atoms with E-state index in [0.717, 1.165) is 9.87 Å². The second-order valence-electron chi connectivity index (χ2n) is 5.65. The molecular weight excluding hydrogens is 354 g/mol. The summed E-state index contributed by atoms with van der Waals surface area (Å²) >= 11 is 0. The standard InChI is InChI=1S/C18H21N3O4S/c1-13(16-10-5-6-11-17(16)25-4)19-20-18(22)14-8-7-9-15(12-14)26(23,24)21(2)3/h5-12H,1-4H3,(H,20,22)/b19-13-. The Morgan fingerprint density at radius 2 is 1.81 bits per heavy atom. The van der Waals surface area contributed by atoms with E-state index in [0.29, 0.717) is 11.5 Å². The third kappa shape index (κ3) is 4.27. The summed E-state index contributed by atoms with van der Waals surface area (Å²) in [5.41, 5.74) is 3.95. The van der Waals surface area contributed by atoms with Gasteiger partial charge in [-0.2, -0.15) is 5.10 Å². The Morgan fingerprint density at radius 1 is 1.12 bits per heavy atom. The van der Waals surface area contributed by atoms with E-state index >= 15 is 0 Å². The molecule has 2 aromatic carbocycles. The van der Waals surface area contributed by atoms with Crippen LogP contribution < -0.4 is 10.2 Å². The molecule has 0 aliphatic rings. The highest BCUT2D eigenvalue weighted by atomic mass is 32.2. The highest BCUT2D eigenvalue weighted by Gasteiger charge is 2.18. The first-order chi connectivity index (χ1) is 12.3. The van der Waals surface area contributed by atoms with Crippen molar-refractivity contribution in [1.82, 2.24) is 9.73 Å². The summed E-state index contributed by atoms with van der Waals surface area (Å²) in [6, 6.07) is 13.1. The third-order valence-electron chi connectivity index (χ3n) is 3.70. The van der Waals surface area contributed by atoms with Crippen molar-refractivity contribution in [3.63, 3.8) is 0 Å². The molecule has 0 aromatic heterocycles. The van der Waals surface area contributed by atoms with Crippen molar-refractivity contribution in [2.24, 2.45) is 5.10 Å². The summed E-state index contributed by atoms with van der Waals surface area (Å²) in [5.74, 6) is 0.136. The van der Waals surface area contributed by atoms with E-state index < -0.39 is 15.9 Å². The molecule has 0 unspecified atom stereocenters. The highest BCUT2D eigenvalue weighted by molar-refractivity contribution is 7.89. The summed E-state index contributed by atoms with van der Waals surface area (Å²) < 4.78 is 30.7. The van der Waals surface area contributed by atoms with E-state index in [1.165, 1.54) is 38.4 Å². The molecule has 2 rings (SSSR count). The van der Waals surface area contributed by atoms with Gasteiger partial charge in [0.1, 0.15) is 5.75 Å². The molecule has 26 heavy (non-hydrogen) atoms. The largest absolute Gasteiger partial charge is 0.496 e. The fourth-order valence-corrected chi connectivity index (χ4v) is 3.16. The SMILES string of the molecule is COc1ccccc1/C(C)=N\NC(=O)c1cccc(S(=O)(=O)N(C)C)c1. The van der Waals surface area contributed by atoms with Crippen molar-refractivity contribution in [1.29, 1.82) is 0 Å². The average molecular weight is 375 g/mol. The lowest BCUT2D eigenvalue weighted by molar-refractivity contribution is 0.0954. The predicted molar refractivity (Wildman–Crippen MR) is 100.0 cm³/mol. The minimum Gasteiger partial charge on any atom is -0.496 e. The Morgan fingerprint density at radius 3 is 2.46 bits per heavy atom. The molecule has 8 heteroatoms. The first-order valence-electron chi connectivity index (χ1n) is 7.78. The molecule has 1 amide bonds. The van der Waals surface area contributed by atoms with Gasteiger partial charge in [0.25, 0.3) is 5.91 Å². The minimum atomic E-state index is -3.62. The number of hydrazone groups is 1. The maximum atomic E-state index is 12.3. The van der Waals surface area contributed by atoms with Gasteiger partial charge in [0, 0.05) is 25.2 Å². The number of rotatable bonds is 6. The number of carbonyl (C=O) groups excluding carboxylic acids is 1. The molecule has 0 saturated carbocycles. The van der Waals surface area contributed by atoms with Gasteiger partial charge in [-0.25, -0.2) is 18.1 Å². The summed E-state index contributed by atoms with van der Waals surface area (Å²) in [5, 5.41) is 4.08. The van der Waals surface area contributed by atoms with E-state index in [1.54, 1.807) is 20.1 Å². The molecule has 0 aliphatic heterocycles. The van der Waals surface area contributed by atoms with Crippen LogP contribution in [0.4, 0.5) is 0 Å². The van der Waals surface area contributed by atoms with Crippen LogP contribution in [0.25, 0.3) is 0 Å². The average Bonchev–Trinajstić information content (AvgIpc) is 2.65. The number of nitrogens with one attached hydrogen (secondary N) is 1. The molecule has 1 N–H and O–H groups in total. The van der Waals surface area contributed by atoms with Gasteiger partial charge in [0.15, 0.2) is 0 Å². The van der Waals surface area contributed by atoms with E-state index in [1.807, 2.05) is 18.2 Å². The summed E-state index contributed by atoms with van der Waals surface area (Å²) in [4.78, 5) is 12.4. The van der Waals surface area contributed by atoms with Crippen LogP contribution in [0.1, 0.15) is 22.8 Å². The van der Waals surface area contributed by atoms with Crippen LogP contribution in [-0.4, -0.2) is 45.5 Å². The number of sulfonamides is 1. The van der Waals surface area contributed by atoms with Crippen molar-refractivity contribution in [2.75, 3.05) is 21.2 Å². The lowest BCUT2D eigenvalue weighted by Crippen LogP contribution is -2.23. The fraction of sp³-hybridized carbons (Fsp3) is 0.222. The van der Waals surface area contributed by atoms with Crippen LogP contribution in [-0.2, 0) is 10.0 Å². The number of hydrogen-bond donors (Lipinski definition) is 1. The molecule has 0 fully saturated rings. The summed E-state index contributed by atoms with van der Waals surface area (Å²) in [6.45, 7) is 1.74. The Bertz CT molecular complexity index is 937. The van der Waals surface area contributed by atoms with Crippen LogP contribution in [0, 0.1) is 0 Å². The zero-order chi connectivity index (χ0) is 19.3. The quantitative estimate of drug-likeness (QED) is 0.619. The molecule has 0 aliphatic carbocycles. The number of methoxy groups -OCH3 is 1. The molecule has 138 valence electrons. The Balaban J connectivity index is 2.23. The van der Waals surface area contributed by atoms with Gasteiger partial charge in [-0.05, 0) is 37.3 Å². The number of para-hydroxylation sites is 1. The summed E-state index contributed by atoms with van der Waals surface area (Å²) in [6.07, 6.45) is 0. The van der Waals surface area contributed by atoms with Crippen LogP contribution >= 0.6 is 0 Å². The van der Waals surface area contributed by atoms with Gasteiger partial charge in [0.05, 0.1) is 17.7 Å². The highest BCUT2D eigenvalue weighted by Crippen LogP contribution is 2.18. The van der Waals surface area contributed by atoms with Crippen LogP contribution in [0.2, 0.25) is 0 Å². The van der Waals surface area contributed by atoms with E-state index in [9.17, 15) is 13.2 Å². The topological polar surface area (TPSA) is 88.1 Å². The number of nitrogens with zero attached hydrogens (tertiary/aromatic N) is 2. The van der Waals surface area contributed by atoms with Crippen molar-refractivity contribution < 1.29 is 17.9 Å². The first kappa shape index (κ1) is 19.6. The minimum absolute atomic E-state index is 0.0422. The Hall–Kier alpha value is -2.71. The zero-order valence-electron chi connectivity index (χ0n) is 15.1. The lowest BCUT2D eigenvalue weighted by Gasteiger charge is -2.12. The van der Waals surface area contributed by atoms with Crippen molar-refractivity contribution in [3.05, 3.63) is 59.7 Å². The first-order valence-corrected chi connectivity index (χ1v) is 9.22. The number of ether oxygens (including phenoxy) is 1.